The molecule has 0 saturated heterocycles. The van der Waals surface area contributed by atoms with Gasteiger partial charge in [0, 0.05) is 49.5 Å². The number of phenolic OH excluding ortho intramolecular Hbond substituents is 1. The van der Waals surface area contributed by atoms with Gasteiger partial charge in [0.25, 0.3) is 0 Å². The van der Waals surface area contributed by atoms with E-state index in [2.05, 4.69) is 227 Å². The van der Waals surface area contributed by atoms with Gasteiger partial charge in [0.15, 0.2) is 0 Å². The van der Waals surface area contributed by atoms with Crippen LogP contribution in [0.5, 0.6) is 5.75 Å². The van der Waals surface area contributed by atoms with E-state index in [1.54, 1.807) is 0 Å². The van der Waals surface area contributed by atoms with Crippen LogP contribution in [0.1, 0.15) is 51.3 Å². The minimum absolute atomic E-state index is 0. The number of nitrogens with zero attached hydrogens (tertiary/aromatic N) is 3. The largest absolute Gasteiger partial charge is 0.507 e. The van der Waals surface area contributed by atoms with Crippen molar-refractivity contribution >= 4 is 11.0 Å². The van der Waals surface area contributed by atoms with Crippen molar-refractivity contribution in [2.45, 2.75) is 45.4 Å². The Morgan fingerprint density at radius 3 is 1.64 bits per heavy atom. The van der Waals surface area contributed by atoms with E-state index in [0.29, 0.717) is 11.4 Å². The SMILES string of the molecule is CC(C)(C)c1cc(-c2cc(-c3ccc(C(C)(C)c4ccccc4)cc3)ccn2)[c-]c(-c2cccc3c2nc(-c2cc(-c4ccccc4)cc(-c4ccccc4)c2O)n3-c2ccccc2-c2ccccc2)c1.[Pt]. The van der Waals surface area contributed by atoms with Crippen LogP contribution in [0.4, 0.5) is 0 Å². The molecule has 0 unspecified atom stereocenters. The fourth-order valence-corrected chi connectivity index (χ4v) is 9.86. The minimum Gasteiger partial charge on any atom is -0.507 e. The summed E-state index contributed by atoms with van der Waals surface area (Å²) >= 11 is 0. The number of hydrogen-bond acceptors (Lipinski definition) is 3. The van der Waals surface area contributed by atoms with Crippen LogP contribution in [0.15, 0.2) is 231 Å². The zero-order valence-corrected chi connectivity index (χ0v) is 43.3. The Labute approximate surface area is 437 Å². The van der Waals surface area contributed by atoms with Gasteiger partial charge in [-0.1, -0.05) is 228 Å². The molecule has 0 saturated carbocycles. The van der Waals surface area contributed by atoms with E-state index < -0.39 is 0 Å². The van der Waals surface area contributed by atoms with E-state index in [-0.39, 0.29) is 37.6 Å². The fourth-order valence-electron chi connectivity index (χ4n) is 9.86. The molecule has 0 aliphatic carbocycles. The predicted molar refractivity (Wildman–Crippen MR) is 295 cm³/mol. The number of phenols is 1. The van der Waals surface area contributed by atoms with Gasteiger partial charge in [-0.15, -0.1) is 29.3 Å². The molecule has 0 aliphatic rings. The van der Waals surface area contributed by atoms with E-state index in [1.165, 1.54) is 11.1 Å². The van der Waals surface area contributed by atoms with E-state index in [9.17, 15) is 5.11 Å². The molecule has 5 heteroatoms. The van der Waals surface area contributed by atoms with Crippen molar-refractivity contribution in [3.63, 3.8) is 0 Å². The molecule has 0 fully saturated rings. The van der Waals surface area contributed by atoms with Crippen LogP contribution in [0.3, 0.4) is 0 Å². The number of hydrogen-bond donors (Lipinski definition) is 1. The van der Waals surface area contributed by atoms with Crippen LogP contribution in [0.25, 0.3) is 95.0 Å². The maximum Gasteiger partial charge on any atom is 0.148 e. The average Bonchev–Trinajstić information content (AvgIpc) is 3.81. The van der Waals surface area contributed by atoms with Crippen molar-refractivity contribution in [1.82, 2.24) is 14.5 Å². The van der Waals surface area contributed by atoms with E-state index >= 15 is 0 Å². The second kappa shape index (κ2) is 19.7. The van der Waals surface area contributed by atoms with Gasteiger partial charge in [-0.3, -0.25) is 9.55 Å². The van der Waals surface area contributed by atoms with Crippen LogP contribution < -0.4 is 0 Å². The number of fused-ring (bicyclic) bond motifs is 1. The molecule has 72 heavy (non-hydrogen) atoms. The summed E-state index contributed by atoms with van der Waals surface area (Å²) in [5, 5.41) is 12.7. The summed E-state index contributed by atoms with van der Waals surface area (Å²) in [6.45, 7) is 11.3. The molecule has 9 aromatic carbocycles. The zero-order valence-electron chi connectivity index (χ0n) is 41.0. The molecule has 0 aliphatic heterocycles. The third kappa shape index (κ3) is 9.15. The molecule has 4 nitrogen and oxygen atoms in total. The molecule has 354 valence electrons. The third-order valence-electron chi connectivity index (χ3n) is 14.0. The molecular formula is C67H54N3OPt-. The summed E-state index contributed by atoms with van der Waals surface area (Å²) in [6, 6.07) is 82.2. The molecule has 2 heterocycles. The van der Waals surface area contributed by atoms with E-state index in [0.717, 1.165) is 89.2 Å². The molecular weight excluding hydrogens is 1060 g/mol. The minimum atomic E-state index is -0.192. The summed E-state index contributed by atoms with van der Waals surface area (Å²) in [5.41, 5.74) is 18.3. The fraction of sp³-hybridized carbons (Fsp3) is 0.104. The first kappa shape index (κ1) is 47.8. The van der Waals surface area contributed by atoms with Crippen molar-refractivity contribution in [2.75, 3.05) is 0 Å². The first-order valence-corrected chi connectivity index (χ1v) is 24.4. The van der Waals surface area contributed by atoms with Crippen molar-refractivity contribution in [3.8, 4) is 89.7 Å². The third-order valence-corrected chi connectivity index (χ3v) is 14.0. The average molecular weight is 1110 g/mol. The predicted octanol–water partition coefficient (Wildman–Crippen LogP) is 17.2. The van der Waals surface area contributed by atoms with Gasteiger partial charge in [0.1, 0.15) is 11.6 Å². The summed E-state index contributed by atoms with van der Waals surface area (Å²) in [5.74, 6) is 0.790. The number of aromatic nitrogens is 3. The Balaban J connectivity index is 0.00000596. The number of aromatic hydroxyl groups is 1. The van der Waals surface area contributed by atoms with Gasteiger partial charge in [0.05, 0.1) is 22.3 Å². The number of para-hydroxylation sites is 2. The molecule has 11 rings (SSSR count). The molecule has 11 aromatic rings. The van der Waals surface area contributed by atoms with Gasteiger partial charge in [-0.05, 0) is 80.3 Å². The number of rotatable bonds is 10. The quantitative estimate of drug-likeness (QED) is 0.139. The summed E-state index contributed by atoms with van der Waals surface area (Å²) in [6.07, 6.45) is 1.91. The second-order valence-electron chi connectivity index (χ2n) is 19.9. The van der Waals surface area contributed by atoms with E-state index in [1.807, 2.05) is 48.7 Å². The summed E-state index contributed by atoms with van der Waals surface area (Å²) in [7, 11) is 0. The van der Waals surface area contributed by atoms with Crippen LogP contribution in [0, 0.1) is 6.07 Å². The first-order valence-electron chi connectivity index (χ1n) is 24.4. The molecule has 0 atom stereocenters. The van der Waals surface area contributed by atoms with Gasteiger partial charge < -0.3 is 5.11 Å². The number of imidazole rings is 1. The van der Waals surface area contributed by atoms with Crippen LogP contribution in [0.2, 0.25) is 0 Å². The molecule has 0 bridgehead atoms. The first-order chi connectivity index (χ1) is 34.5. The maximum absolute atomic E-state index is 12.7. The molecule has 0 radical (unpaired) electrons. The van der Waals surface area contributed by atoms with Gasteiger partial charge in [-0.25, -0.2) is 4.98 Å². The van der Waals surface area contributed by atoms with Crippen LogP contribution in [-0.4, -0.2) is 19.6 Å². The van der Waals surface area contributed by atoms with Crippen molar-refractivity contribution < 1.29 is 26.2 Å². The topological polar surface area (TPSA) is 50.9 Å². The summed E-state index contributed by atoms with van der Waals surface area (Å²) < 4.78 is 2.23. The monoisotopic (exact) mass is 1110 g/mol. The Kier molecular flexibility index (Phi) is 13.1. The number of pyridine rings is 1. The van der Waals surface area contributed by atoms with Gasteiger partial charge >= 0.3 is 0 Å². The molecule has 2 aromatic heterocycles. The molecule has 1 N–H and O–H groups in total. The van der Waals surface area contributed by atoms with Gasteiger partial charge in [-0.2, -0.15) is 0 Å². The Hall–Kier alpha value is -7.91. The maximum atomic E-state index is 12.7. The standard InChI is InChI=1S/C67H54N3O.Pt/c1-66(2,3)55-40-51(39-52(41-55)60-44-49(37-38-68-60)46-33-35-54(36-34-46)67(4,5)53-27-16-9-17-28-53)57-30-20-32-62-63(57)69-65(70(62)61-31-19-18-29-56(61)47-23-12-7-13-24-47)59-43-50(45-21-10-6-11-22-45)42-58(64(59)71)48-25-14-8-15-26-48;/h6-38,40-44,71H,1-5H3;/q-1;. The zero-order chi connectivity index (χ0) is 48.7. The number of benzene rings is 9. The Morgan fingerprint density at radius 2 is 0.972 bits per heavy atom. The second-order valence-corrected chi connectivity index (χ2v) is 19.9. The Morgan fingerprint density at radius 1 is 0.431 bits per heavy atom. The van der Waals surface area contributed by atoms with Gasteiger partial charge in [0.2, 0.25) is 0 Å². The molecule has 0 spiro atoms. The normalized spacial score (nSPS) is 11.6. The summed E-state index contributed by atoms with van der Waals surface area (Å²) in [4.78, 5) is 10.6. The van der Waals surface area contributed by atoms with E-state index in [4.69, 9.17) is 9.97 Å². The smallest absolute Gasteiger partial charge is 0.148 e. The van der Waals surface area contributed by atoms with Crippen molar-refractivity contribution in [3.05, 3.63) is 253 Å². The van der Waals surface area contributed by atoms with Crippen LogP contribution >= 0.6 is 0 Å². The molecule has 0 amide bonds. The van der Waals surface area contributed by atoms with Crippen LogP contribution in [-0.2, 0) is 31.9 Å². The Bertz CT molecular complexity index is 3690. The van der Waals surface area contributed by atoms with Crippen molar-refractivity contribution in [1.29, 1.82) is 0 Å². The van der Waals surface area contributed by atoms with Crippen molar-refractivity contribution in [2.24, 2.45) is 0 Å².